The third-order valence-electron chi connectivity index (χ3n) is 7.30. The van der Waals surface area contributed by atoms with E-state index >= 15 is 0 Å². The second-order valence-corrected chi connectivity index (χ2v) is 10.3. The van der Waals surface area contributed by atoms with Crippen molar-refractivity contribution in [1.82, 2.24) is 4.57 Å². The van der Waals surface area contributed by atoms with Crippen molar-refractivity contribution in [3.05, 3.63) is 108 Å². The number of hydrogen-bond donors (Lipinski definition) is 0. The van der Waals surface area contributed by atoms with E-state index in [0.29, 0.717) is 32.3 Å². The van der Waals surface area contributed by atoms with E-state index in [2.05, 4.69) is 18.2 Å². The smallest absolute Gasteiger partial charge is 0.271 e. The number of fused-ring (bicyclic) bond motifs is 4. The van der Waals surface area contributed by atoms with Crippen molar-refractivity contribution < 1.29 is 18.9 Å². The molecule has 7 nitrogen and oxygen atoms in total. The Morgan fingerprint density at radius 1 is 1.00 bits per heavy atom. The molecule has 0 saturated heterocycles. The van der Waals surface area contributed by atoms with E-state index in [-0.39, 0.29) is 18.4 Å². The Bertz CT molecular complexity index is 1820. The SMILES string of the molecule is COc1cccc(C2C3=C(N=c4sc(=Cc5ccc6c(c5)OCO6)c(=O)n42)c2ccccc2CC3)c1OC. The van der Waals surface area contributed by atoms with E-state index < -0.39 is 0 Å². The van der Waals surface area contributed by atoms with Gasteiger partial charge in [0.2, 0.25) is 6.79 Å². The van der Waals surface area contributed by atoms with Gasteiger partial charge < -0.3 is 18.9 Å². The maximum absolute atomic E-state index is 14.0. The largest absolute Gasteiger partial charge is 0.493 e. The molecule has 0 fully saturated rings. The van der Waals surface area contributed by atoms with Crippen molar-refractivity contribution in [3.8, 4) is 23.0 Å². The molecule has 1 aliphatic carbocycles. The molecule has 3 aromatic carbocycles. The Balaban J connectivity index is 1.49. The summed E-state index contributed by atoms with van der Waals surface area (Å²) in [4.78, 5) is 19.8. The fraction of sp³-hybridized carbons (Fsp3) is 0.200. The maximum Gasteiger partial charge on any atom is 0.271 e. The zero-order valence-corrected chi connectivity index (χ0v) is 21.7. The number of methoxy groups -OCH3 is 2. The fourth-order valence-electron chi connectivity index (χ4n) is 5.58. The predicted molar refractivity (Wildman–Crippen MR) is 145 cm³/mol. The third kappa shape index (κ3) is 3.48. The van der Waals surface area contributed by atoms with Gasteiger partial charge in [-0.2, -0.15) is 0 Å². The summed E-state index contributed by atoms with van der Waals surface area (Å²) in [7, 11) is 3.26. The van der Waals surface area contributed by atoms with E-state index in [9.17, 15) is 4.79 Å². The van der Waals surface area contributed by atoms with Crippen LogP contribution in [0.3, 0.4) is 0 Å². The average Bonchev–Trinajstić information content (AvgIpc) is 3.55. The molecular weight excluding hydrogens is 500 g/mol. The van der Waals surface area contributed by atoms with Crippen LogP contribution in [-0.2, 0) is 6.42 Å². The fourth-order valence-corrected chi connectivity index (χ4v) is 6.58. The molecule has 38 heavy (non-hydrogen) atoms. The molecule has 2 aliphatic heterocycles. The van der Waals surface area contributed by atoms with Gasteiger partial charge in [0.15, 0.2) is 27.8 Å². The lowest BCUT2D eigenvalue weighted by Gasteiger charge is -2.31. The van der Waals surface area contributed by atoms with E-state index in [1.54, 1.807) is 14.2 Å². The maximum atomic E-state index is 14.0. The van der Waals surface area contributed by atoms with Gasteiger partial charge in [0.1, 0.15) is 0 Å². The summed E-state index contributed by atoms with van der Waals surface area (Å²) >= 11 is 1.39. The zero-order chi connectivity index (χ0) is 25.8. The third-order valence-corrected chi connectivity index (χ3v) is 8.28. The molecule has 0 amide bonds. The van der Waals surface area contributed by atoms with Crippen molar-refractivity contribution in [3.63, 3.8) is 0 Å². The number of thiazole rings is 1. The molecule has 0 radical (unpaired) electrons. The van der Waals surface area contributed by atoms with E-state index in [4.69, 9.17) is 23.9 Å². The molecule has 0 saturated carbocycles. The van der Waals surface area contributed by atoms with E-state index in [1.807, 2.05) is 53.1 Å². The minimum Gasteiger partial charge on any atom is -0.493 e. The number of para-hydroxylation sites is 1. The van der Waals surface area contributed by atoms with Gasteiger partial charge in [0.05, 0.1) is 30.5 Å². The van der Waals surface area contributed by atoms with Crippen molar-refractivity contribution in [2.24, 2.45) is 4.99 Å². The molecule has 0 N–H and O–H groups in total. The summed E-state index contributed by atoms with van der Waals surface area (Å²) in [5, 5.41) is 0. The minimum atomic E-state index is -0.362. The quantitative estimate of drug-likeness (QED) is 0.403. The summed E-state index contributed by atoms with van der Waals surface area (Å²) in [6, 6.07) is 19.5. The van der Waals surface area contributed by atoms with Crippen molar-refractivity contribution >= 4 is 23.1 Å². The molecule has 4 aromatic rings. The van der Waals surface area contributed by atoms with Crippen molar-refractivity contribution in [1.29, 1.82) is 0 Å². The highest BCUT2D eigenvalue weighted by atomic mass is 32.1. The van der Waals surface area contributed by atoms with Crippen LogP contribution in [0.5, 0.6) is 23.0 Å². The second kappa shape index (κ2) is 8.92. The first-order chi connectivity index (χ1) is 18.7. The number of nitrogens with zero attached hydrogens (tertiary/aromatic N) is 2. The van der Waals surface area contributed by atoms with Crippen LogP contribution in [-0.4, -0.2) is 25.6 Å². The molecule has 3 heterocycles. The summed E-state index contributed by atoms with van der Waals surface area (Å²) in [5.74, 6) is 2.64. The normalized spacial score (nSPS) is 17.4. The van der Waals surface area contributed by atoms with Crippen molar-refractivity contribution in [2.45, 2.75) is 18.9 Å². The molecular formula is C30H24N2O5S. The highest BCUT2D eigenvalue weighted by Gasteiger charge is 2.34. The number of benzene rings is 3. The number of aryl methyl sites for hydroxylation is 1. The predicted octanol–water partition coefficient (Wildman–Crippen LogP) is 4.06. The molecule has 1 atom stereocenters. The lowest BCUT2D eigenvalue weighted by Crippen LogP contribution is -2.39. The second-order valence-electron chi connectivity index (χ2n) is 9.31. The van der Waals surface area contributed by atoms with Crippen LogP contribution in [0.2, 0.25) is 0 Å². The van der Waals surface area contributed by atoms with E-state index in [0.717, 1.165) is 40.8 Å². The molecule has 1 aromatic heterocycles. The van der Waals surface area contributed by atoms with Gasteiger partial charge >= 0.3 is 0 Å². The molecule has 0 spiro atoms. The molecule has 1 unspecified atom stereocenters. The monoisotopic (exact) mass is 524 g/mol. The molecule has 190 valence electrons. The van der Waals surface area contributed by atoms with E-state index in [1.165, 1.54) is 16.9 Å². The minimum absolute atomic E-state index is 0.0910. The Kier molecular flexibility index (Phi) is 5.37. The number of ether oxygens (including phenoxy) is 4. The Hall–Kier alpha value is -4.30. The van der Waals surface area contributed by atoms with Crippen molar-refractivity contribution in [2.75, 3.05) is 21.0 Å². The van der Waals surface area contributed by atoms with Gasteiger partial charge in [0, 0.05) is 11.1 Å². The highest BCUT2D eigenvalue weighted by Crippen LogP contribution is 2.45. The Morgan fingerprint density at radius 2 is 1.87 bits per heavy atom. The summed E-state index contributed by atoms with van der Waals surface area (Å²) in [6.45, 7) is 0.205. The molecule has 7 rings (SSSR count). The number of allylic oxidation sites excluding steroid dienone is 1. The van der Waals surface area contributed by atoms with Crippen LogP contribution in [0.4, 0.5) is 0 Å². The average molecular weight is 525 g/mol. The van der Waals surface area contributed by atoms with Gasteiger partial charge in [-0.1, -0.05) is 53.8 Å². The van der Waals surface area contributed by atoms with Crippen LogP contribution < -0.4 is 33.8 Å². The topological polar surface area (TPSA) is 71.3 Å². The lowest BCUT2D eigenvalue weighted by atomic mass is 9.83. The summed E-state index contributed by atoms with van der Waals surface area (Å²) in [6.07, 6.45) is 3.57. The van der Waals surface area contributed by atoms with Gasteiger partial charge in [0.25, 0.3) is 5.56 Å². The number of aromatic nitrogens is 1. The summed E-state index contributed by atoms with van der Waals surface area (Å²) in [5.41, 5.74) is 6.09. The molecule has 0 bridgehead atoms. The van der Waals surface area contributed by atoms with Crippen LogP contribution in [0.1, 0.15) is 34.7 Å². The summed E-state index contributed by atoms with van der Waals surface area (Å²) < 4.78 is 24.9. The standard InChI is InChI=1S/C30H24N2O5S/c1-34-23-9-5-8-21(28(23)35-2)27-20-12-11-18-6-3-4-7-19(18)26(20)31-30-32(27)29(33)25(38-30)15-17-10-13-22-24(14-17)37-16-36-22/h3-10,13-15,27H,11-12,16H2,1-2H3. The Morgan fingerprint density at radius 3 is 2.74 bits per heavy atom. The molecule has 3 aliphatic rings. The van der Waals surface area contributed by atoms with Crippen LogP contribution in [0.25, 0.3) is 11.8 Å². The first-order valence-electron chi connectivity index (χ1n) is 12.4. The van der Waals surface area contributed by atoms with Crippen LogP contribution in [0.15, 0.2) is 76.0 Å². The van der Waals surface area contributed by atoms with Crippen LogP contribution >= 0.6 is 11.3 Å². The van der Waals surface area contributed by atoms with Gasteiger partial charge in [-0.05, 0) is 53.8 Å². The van der Waals surface area contributed by atoms with Crippen LogP contribution in [0, 0.1) is 0 Å². The highest BCUT2D eigenvalue weighted by molar-refractivity contribution is 7.07. The molecule has 8 heteroatoms. The lowest BCUT2D eigenvalue weighted by molar-refractivity contribution is 0.174. The van der Waals surface area contributed by atoms with Gasteiger partial charge in [-0.25, -0.2) is 4.99 Å². The van der Waals surface area contributed by atoms with Gasteiger partial charge in [-0.3, -0.25) is 9.36 Å². The number of hydrogen-bond acceptors (Lipinski definition) is 7. The first-order valence-corrected chi connectivity index (χ1v) is 13.2. The first kappa shape index (κ1) is 22.9. The number of rotatable bonds is 4. The van der Waals surface area contributed by atoms with Gasteiger partial charge in [-0.15, -0.1) is 0 Å². The Labute approximate surface area is 222 Å². The zero-order valence-electron chi connectivity index (χ0n) is 20.9.